The van der Waals surface area contributed by atoms with Gasteiger partial charge in [-0.05, 0) is 36.4 Å². The second-order valence-electron chi connectivity index (χ2n) is 6.98. The third-order valence-electron chi connectivity index (χ3n) is 4.83. The lowest BCUT2D eigenvalue weighted by atomic mass is 10.2. The zero-order valence-electron chi connectivity index (χ0n) is 17.0. The van der Waals surface area contributed by atoms with Crippen LogP contribution in [0.25, 0.3) is 11.0 Å². The Morgan fingerprint density at radius 1 is 0.938 bits per heavy atom. The van der Waals surface area contributed by atoms with E-state index in [1.807, 2.05) is 65.2 Å². The highest BCUT2D eigenvalue weighted by Gasteiger charge is 2.17. The Morgan fingerprint density at radius 3 is 2.56 bits per heavy atom. The molecule has 0 spiro atoms. The fourth-order valence-corrected chi connectivity index (χ4v) is 4.01. The largest absolute Gasteiger partial charge is 0.316 e. The van der Waals surface area contributed by atoms with Crippen molar-refractivity contribution in [3.05, 3.63) is 89.8 Å². The number of fused-ring (bicyclic) bond motifs is 1. The standard InChI is InChI=1S/C23H19N7OS/c31-21(18-15-32-23(27-18)28-20-10-4-6-13-25-20)29-22-26-17-8-1-2-9-19(17)30(22)14-11-16-7-3-5-12-24-16/h1-10,12-13,15H,11,14H2,(H,25,27,28)(H,26,29,31). The SMILES string of the molecule is O=C(Nc1nc2ccccc2n1CCc1ccccn1)c1csc(Nc2ccccn2)n1. The molecular weight excluding hydrogens is 422 g/mol. The van der Waals surface area contributed by atoms with E-state index in [9.17, 15) is 4.79 Å². The van der Waals surface area contributed by atoms with Crippen LogP contribution in [0.2, 0.25) is 0 Å². The lowest BCUT2D eigenvalue weighted by Gasteiger charge is -2.09. The van der Waals surface area contributed by atoms with Gasteiger partial charge in [0.1, 0.15) is 11.5 Å². The van der Waals surface area contributed by atoms with Gasteiger partial charge >= 0.3 is 0 Å². The summed E-state index contributed by atoms with van der Waals surface area (Å²) in [5.41, 5.74) is 3.07. The van der Waals surface area contributed by atoms with Crippen molar-refractivity contribution in [1.29, 1.82) is 0 Å². The molecule has 0 aliphatic carbocycles. The van der Waals surface area contributed by atoms with Crippen LogP contribution in [0.5, 0.6) is 0 Å². The molecule has 4 heterocycles. The van der Waals surface area contributed by atoms with E-state index in [0.29, 0.717) is 29.1 Å². The quantitative estimate of drug-likeness (QED) is 0.385. The average molecular weight is 442 g/mol. The van der Waals surface area contributed by atoms with Crippen molar-refractivity contribution in [2.45, 2.75) is 13.0 Å². The Morgan fingerprint density at radius 2 is 1.75 bits per heavy atom. The zero-order chi connectivity index (χ0) is 21.8. The van der Waals surface area contributed by atoms with E-state index in [2.05, 4.69) is 30.6 Å². The van der Waals surface area contributed by atoms with Crippen LogP contribution < -0.4 is 10.6 Å². The summed E-state index contributed by atoms with van der Waals surface area (Å²) in [4.78, 5) is 30.5. The number of nitrogens with zero attached hydrogens (tertiary/aromatic N) is 5. The first-order valence-corrected chi connectivity index (χ1v) is 10.9. The van der Waals surface area contributed by atoms with Crippen LogP contribution in [-0.4, -0.2) is 30.4 Å². The maximum absolute atomic E-state index is 12.9. The number of pyridine rings is 2. The zero-order valence-corrected chi connectivity index (χ0v) is 17.8. The van der Waals surface area contributed by atoms with E-state index < -0.39 is 0 Å². The molecule has 0 radical (unpaired) electrons. The summed E-state index contributed by atoms with van der Waals surface area (Å²) >= 11 is 1.34. The number of anilines is 3. The molecule has 1 aromatic carbocycles. The van der Waals surface area contributed by atoms with Crippen molar-refractivity contribution < 1.29 is 4.79 Å². The number of aromatic nitrogens is 5. The van der Waals surface area contributed by atoms with Crippen molar-refractivity contribution >= 4 is 45.2 Å². The summed E-state index contributed by atoms with van der Waals surface area (Å²) in [7, 11) is 0. The van der Waals surface area contributed by atoms with Crippen molar-refractivity contribution in [1.82, 2.24) is 24.5 Å². The number of nitrogens with one attached hydrogen (secondary N) is 2. The van der Waals surface area contributed by atoms with E-state index in [4.69, 9.17) is 0 Å². The first-order valence-electron chi connectivity index (χ1n) is 10.1. The van der Waals surface area contributed by atoms with Gasteiger partial charge in [0.05, 0.1) is 11.0 Å². The number of carbonyl (C=O) groups excluding carboxylic acids is 1. The van der Waals surface area contributed by atoms with Gasteiger partial charge in [-0.2, -0.15) is 0 Å². The third kappa shape index (κ3) is 4.33. The minimum atomic E-state index is -0.315. The first kappa shape index (κ1) is 19.8. The van der Waals surface area contributed by atoms with Gasteiger partial charge < -0.3 is 9.88 Å². The first-order chi connectivity index (χ1) is 15.8. The molecule has 4 aromatic heterocycles. The molecule has 0 fully saturated rings. The molecule has 9 heteroatoms. The molecular formula is C23H19N7OS. The summed E-state index contributed by atoms with van der Waals surface area (Å²) < 4.78 is 2.00. The molecule has 0 unspecified atom stereocenters. The van der Waals surface area contributed by atoms with Gasteiger partial charge in [0.2, 0.25) is 5.95 Å². The van der Waals surface area contributed by atoms with Crippen LogP contribution in [0.1, 0.15) is 16.2 Å². The predicted octanol–water partition coefficient (Wildman–Crippen LogP) is 4.52. The van der Waals surface area contributed by atoms with Gasteiger partial charge in [0.15, 0.2) is 5.13 Å². The predicted molar refractivity (Wildman–Crippen MR) is 125 cm³/mol. The Hall–Kier alpha value is -4.11. The summed E-state index contributed by atoms with van der Waals surface area (Å²) in [5.74, 6) is 0.842. The lowest BCUT2D eigenvalue weighted by molar-refractivity contribution is 0.102. The molecule has 0 saturated heterocycles. The number of aryl methyl sites for hydroxylation is 2. The molecule has 32 heavy (non-hydrogen) atoms. The number of rotatable bonds is 7. The van der Waals surface area contributed by atoms with Crippen molar-refractivity contribution in [3.8, 4) is 0 Å². The summed E-state index contributed by atoms with van der Waals surface area (Å²) in [5, 5.41) is 8.33. The smallest absolute Gasteiger partial charge is 0.277 e. The van der Waals surface area contributed by atoms with Gasteiger partial charge in [0.25, 0.3) is 5.91 Å². The maximum atomic E-state index is 12.9. The van der Waals surface area contributed by atoms with Crippen LogP contribution in [-0.2, 0) is 13.0 Å². The minimum absolute atomic E-state index is 0.315. The van der Waals surface area contributed by atoms with Crippen LogP contribution >= 0.6 is 11.3 Å². The lowest BCUT2D eigenvalue weighted by Crippen LogP contribution is -2.17. The highest BCUT2D eigenvalue weighted by atomic mass is 32.1. The fourth-order valence-electron chi connectivity index (χ4n) is 3.32. The van der Waals surface area contributed by atoms with E-state index >= 15 is 0 Å². The van der Waals surface area contributed by atoms with E-state index in [-0.39, 0.29) is 5.91 Å². The number of benzene rings is 1. The molecule has 8 nitrogen and oxygen atoms in total. The number of imidazole rings is 1. The van der Waals surface area contributed by atoms with Crippen LogP contribution in [0.3, 0.4) is 0 Å². The Bertz CT molecular complexity index is 1350. The van der Waals surface area contributed by atoms with E-state index in [0.717, 1.165) is 23.1 Å². The Kier molecular flexibility index (Phi) is 5.54. The van der Waals surface area contributed by atoms with Gasteiger partial charge in [-0.3, -0.25) is 15.1 Å². The maximum Gasteiger partial charge on any atom is 0.277 e. The number of para-hydroxylation sites is 2. The molecule has 0 bridgehead atoms. The van der Waals surface area contributed by atoms with Gasteiger partial charge in [-0.15, -0.1) is 11.3 Å². The number of thiazole rings is 1. The summed E-state index contributed by atoms with van der Waals surface area (Å²) in [6.45, 7) is 0.636. The van der Waals surface area contributed by atoms with Gasteiger partial charge in [0, 0.05) is 36.4 Å². The van der Waals surface area contributed by atoms with E-state index in [1.165, 1.54) is 11.3 Å². The van der Waals surface area contributed by atoms with Crippen molar-refractivity contribution in [2.24, 2.45) is 0 Å². The molecule has 0 saturated carbocycles. The summed E-state index contributed by atoms with van der Waals surface area (Å²) in [6.07, 6.45) is 4.20. The molecule has 5 rings (SSSR count). The molecule has 0 aliphatic rings. The number of hydrogen-bond acceptors (Lipinski definition) is 7. The van der Waals surface area contributed by atoms with Gasteiger partial charge in [-0.25, -0.2) is 15.0 Å². The van der Waals surface area contributed by atoms with Gasteiger partial charge in [-0.1, -0.05) is 24.3 Å². The minimum Gasteiger partial charge on any atom is -0.316 e. The molecule has 158 valence electrons. The highest BCUT2D eigenvalue weighted by Crippen LogP contribution is 2.23. The normalized spacial score (nSPS) is 10.9. The fraction of sp³-hybridized carbons (Fsp3) is 0.0870. The Labute approximate surface area is 188 Å². The molecule has 1 amide bonds. The third-order valence-corrected chi connectivity index (χ3v) is 5.59. The van der Waals surface area contributed by atoms with Crippen LogP contribution in [0.4, 0.5) is 16.9 Å². The van der Waals surface area contributed by atoms with Crippen LogP contribution in [0, 0.1) is 0 Å². The van der Waals surface area contributed by atoms with Crippen molar-refractivity contribution in [2.75, 3.05) is 10.6 Å². The average Bonchev–Trinajstić information content (AvgIpc) is 3.43. The molecule has 0 aliphatic heterocycles. The monoisotopic (exact) mass is 441 g/mol. The second kappa shape index (κ2) is 8.94. The molecule has 2 N–H and O–H groups in total. The Balaban J connectivity index is 1.36. The summed E-state index contributed by atoms with van der Waals surface area (Å²) in [6, 6.07) is 19.2. The number of carbonyl (C=O) groups is 1. The van der Waals surface area contributed by atoms with E-state index in [1.54, 1.807) is 17.8 Å². The topological polar surface area (TPSA) is 97.6 Å². The van der Waals surface area contributed by atoms with Crippen molar-refractivity contribution in [3.63, 3.8) is 0 Å². The molecule has 0 atom stereocenters. The molecule has 5 aromatic rings. The number of amides is 1. The highest BCUT2D eigenvalue weighted by molar-refractivity contribution is 7.14. The number of hydrogen-bond donors (Lipinski definition) is 2. The second-order valence-corrected chi connectivity index (χ2v) is 7.84. The van der Waals surface area contributed by atoms with Crippen LogP contribution in [0.15, 0.2) is 78.4 Å².